The highest BCUT2D eigenvalue weighted by Crippen LogP contribution is 1.85. The van der Waals surface area contributed by atoms with E-state index in [1.54, 1.807) is 0 Å². The molecule has 0 aromatic heterocycles. The summed E-state index contributed by atoms with van der Waals surface area (Å²) in [5.41, 5.74) is 5.03. The molecule has 0 heterocycles. The molecule has 6 heteroatoms. The molecule has 0 aliphatic heterocycles. The number of hydrogen-bond acceptors (Lipinski definition) is 3. The smallest absolute Gasteiger partial charge is 0.305 e. The van der Waals surface area contributed by atoms with Gasteiger partial charge < -0.3 is 20.9 Å². The fraction of sp³-hybridized carbons (Fsp3) is 0.714. The summed E-state index contributed by atoms with van der Waals surface area (Å²) in [5, 5.41) is 17.7. The number of nitrogens with two attached hydrogens (primary N) is 1. The molecular formula is C7H15N3O3. The van der Waals surface area contributed by atoms with E-state index in [0.29, 0.717) is 19.6 Å². The van der Waals surface area contributed by atoms with E-state index in [1.165, 1.54) is 0 Å². The first-order valence-corrected chi connectivity index (χ1v) is 4.00. The Kier molecular flexibility index (Phi) is 6.62. The van der Waals surface area contributed by atoms with Crippen LogP contribution in [0, 0.1) is 5.41 Å². The van der Waals surface area contributed by atoms with Crippen molar-refractivity contribution < 1.29 is 14.6 Å². The molecular weight excluding hydrogens is 174 g/mol. The molecule has 0 saturated carbocycles. The van der Waals surface area contributed by atoms with Crippen molar-refractivity contribution in [1.29, 1.82) is 5.41 Å². The lowest BCUT2D eigenvalue weighted by molar-refractivity contribution is -0.138. The highest BCUT2D eigenvalue weighted by atomic mass is 16.5. The Hall–Kier alpha value is -1.30. The van der Waals surface area contributed by atoms with E-state index in [2.05, 4.69) is 5.32 Å². The largest absolute Gasteiger partial charge is 0.481 e. The first-order chi connectivity index (χ1) is 6.13. The maximum atomic E-state index is 10.0. The van der Waals surface area contributed by atoms with Gasteiger partial charge in [-0.15, -0.1) is 0 Å². The van der Waals surface area contributed by atoms with Crippen LogP contribution in [-0.4, -0.2) is 36.8 Å². The SMILES string of the molecule is N=C(N)NCCCOCCC(=O)O. The van der Waals surface area contributed by atoms with Crippen LogP contribution in [-0.2, 0) is 9.53 Å². The second kappa shape index (κ2) is 7.35. The highest BCUT2D eigenvalue weighted by molar-refractivity contribution is 5.74. The number of carboxylic acid groups (broad SMARTS) is 1. The van der Waals surface area contributed by atoms with E-state index < -0.39 is 5.97 Å². The van der Waals surface area contributed by atoms with Crippen LogP contribution >= 0.6 is 0 Å². The fourth-order valence-electron chi connectivity index (χ4n) is 0.659. The van der Waals surface area contributed by atoms with E-state index in [9.17, 15) is 4.79 Å². The highest BCUT2D eigenvalue weighted by Gasteiger charge is 1.95. The lowest BCUT2D eigenvalue weighted by Gasteiger charge is -2.03. The topological polar surface area (TPSA) is 108 Å². The van der Waals surface area contributed by atoms with Crippen LogP contribution < -0.4 is 11.1 Å². The minimum Gasteiger partial charge on any atom is -0.481 e. The van der Waals surface area contributed by atoms with Gasteiger partial charge in [0.2, 0.25) is 0 Å². The van der Waals surface area contributed by atoms with Crippen molar-refractivity contribution in [2.75, 3.05) is 19.8 Å². The summed E-state index contributed by atoms with van der Waals surface area (Å²) < 4.78 is 4.99. The Morgan fingerprint density at radius 1 is 1.54 bits per heavy atom. The standard InChI is InChI=1S/C7H15N3O3/c8-7(9)10-3-1-4-13-5-2-6(11)12/h1-5H2,(H,11,12)(H4,8,9,10). The third-order valence-electron chi connectivity index (χ3n) is 1.24. The van der Waals surface area contributed by atoms with Crippen LogP contribution in [0.1, 0.15) is 12.8 Å². The second-order valence-corrected chi connectivity index (χ2v) is 2.45. The van der Waals surface area contributed by atoms with Crippen molar-refractivity contribution in [2.45, 2.75) is 12.8 Å². The average molecular weight is 189 g/mol. The van der Waals surface area contributed by atoms with Crippen molar-refractivity contribution in [3.05, 3.63) is 0 Å². The van der Waals surface area contributed by atoms with Gasteiger partial charge in [0.15, 0.2) is 5.96 Å². The number of hydrogen-bond donors (Lipinski definition) is 4. The Morgan fingerprint density at radius 3 is 2.77 bits per heavy atom. The summed E-state index contributed by atoms with van der Waals surface area (Å²) in [7, 11) is 0. The maximum absolute atomic E-state index is 10.0. The number of aliphatic carboxylic acids is 1. The normalized spacial score (nSPS) is 9.54. The van der Waals surface area contributed by atoms with Gasteiger partial charge in [0, 0.05) is 13.2 Å². The van der Waals surface area contributed by atoms with Gasteiger partial charge in [-0.3, -0.25) is 10.2 Å². The molecule has 0 rings (SSSR count). The second-order valence-electron chi connectivity index (χ2n) is 2.45. The van der Waals surface area contributed by atoms with Crippen LogP contribution in [0.5, 0.6) is 0 Å². The van der Waals surface area contributed by atoms with Crippen LogP contribution in [0.25, 0.3) is 0 Å². The summed E-state index contributed by atoms with van der Waals surface area (Å²) in [6.45, 7) is 1.28. The van der Waals surface area contributed by atoms with Crippen LogP contribution in [0.15, 0.2) is 0 Å². The molecule has 0 aliphatic rings. The number of rotatable bonds is 7. The van der Waals surface area contributed by atoms with Crippen molar-refractivity contribution >= 4 is 11.9 Å². The first-order valence-electron chi connectivity index (χ1n) is 4.00. The van der Waals surface area contributed by atoms with Gasteiger partial charge in [-0.2, -0.15) is 0 Å². The molecule has 0 aromatic rings. The lowest BCUT2D eigenvalue weighted by atomic mass is 10.4. The van der Waals surface area contributed by atoms with E-state index in [4.69, 9.17) is 21.0 Å². The number of carbonyl (C=O) groups is 1. The summed E-state index contributed by atoms with van der Waals surface area (Å²) >= 11 is 0. The molecule has 0 radical (unpaired) electrons. The Morgan fingerprint density at radius 2 is 2.23 bits per heavy atom. The third-order valence-corrected chi connectivity index (χ3v) is 1.24. The van der Waals surface area contributed by atoms with Gasteiger partial charge in [0.25, 0.3) is 0 Å². The molecule has 0 fully saturated rings. The van der Waals surface area contributed by atoms with Crippen LogP contribution in [0.3, 0.4) is 0 Å². The van der Waals surface area contributed by atoms with Crippen LogP contribution in [0.2, 0.25) is 0 Å². The molecule has 0 spiro atoms. The molecule has 6 nitrogen and oxygen atoms in total. The van der Waals surface area contributed by atoms with Gasteiger partial charge in [-0.1, -0.05) is 0 Å². The predicted molar refractivity (Wildman–Crippen MR) is 47.6 cm³/mol. The predicted octanol–water partition coefficient (Wildman–Crippen LogP) is -0.649. The Bertz CT molecular complexity index is 154. The molecule has 0 aromatic carbocycles. The fourth-order valence-corrected chi connectivity index (χ4v) is 0.659. The number of guanidine groups is 1. The summed E-state index contributed by atoms with van der Waals surface area (Å²) in [6.07, 6.45) is 0.735. The lowest BCUT2D eigenvalue weighted by Crippen LogP contribution is -2.31. The zero-order valence-corrected chi connectivity index (χ0v) is 7.38. The van der Waals surface area contributed by atoms with Crippen molar-refractivity contribution in [3.63, 3.8) is 0 Å². The first kappa shape index (κ1) is 11.7. The minimum atomic E-state index is -0.859. The van der Waals surface area contributed by atoms with Crippen molar-refractivity contribution in [1.82, 2.24) is 5.32 Å². The molecule has 13 heavy (non-hydrogen) atoms. The molecule has 0 amide bonds. The Balaban J connectivity index is 3.00. The van der Waals surface area contributed by atoms with E-state index >= 15 is 0 Å². The summed E-state index contributed by atoms with van der Waals surface area (Å²) in [4.78, 5) is 10.0. The van der Waals surface area contributed by atoms with Gasteiger partial charge in [0.1, 0.15) is 0 Å². The monoisotopic (exact) mass is 189 g/mol. The number of carboxylic acids is 1. The van der Waals surface area contributed by atoms with E-state index in [0.717, 1.165) is 0 Å². The third kappa shape index (κ3) is 10.7. The Labute approximate surface area is 76.6 Å². The van der Waals surface area contributed by atoms with Crippen molar-refractivity contribution in [3.8, 4) is 0 Å². The molecule has 5 N–H and O–H groups in total. The van der Waals surface area contributed by atoms with E-state index in [-0.39, 0.29) is 19.0 Å². The van der Waals surface area contributed by atoms with Gasteiger partial charge >= 0.3 is 5.97 Å². The summed E-state index contributed by atoms with van der Waals surface area (Å²) in [6, 6.07) is 0. The zero-order chi connectivity index (χ0) is 10.1. The molecule has 76 valence electrons. The molecule has 0 aliphatic carbocycles. The van der Waals surface area contributed by atoms with E-state index in [1.807, 2.05) is 0 Å². The molecule has 0 saturated heterocycles. The maximum Gasteiger partial charge on any atom is 0.305 e. The zero-order valence-electron chi connectivity index (χ0n) is 7.38. The van der Waals surface area contributed by atoms with Gasteiger partial charge in [-0.25, -0.2) is 0 Å². The molecule has 0 unspecified atom stereocenters. The van der Waals surface area contributed by atoms with Crippen molar-refractivity contribution in [2.24, 2.45) is 5.73 Å². The minimum absolute atomic E-state index is 0.0279. The van der Waals surface area contributed by atoms with Gasteiger partial charge in [0.05, 0.1) is 13.0 Å². The number of nitrogens with one attached hydrogen (secondary N) is 2. The number of ether oxygens (including phenoxy) is 1. The molecule has 0 bridgehead atoms. The van der Waals surface area contributed by atoms with Gasteiger partial charge in [-0.05, 0) is 6.42 Å². The van der Waals surface area contributed by atoms with Crippen LogP contribution in [0.4, 0.5) is 0 Å². The average Bonchev–Trinajstić information content (AvgIpc) is 2.01. The quantitative estimate of drug-likeness (QED) is 0.242. The summed E-state index contributed by atoms with van der Waals surface area (Å²) in [5.74, 6) is -0.924. The molecule has 0 atom stereocenters.